The molecule has 0 aliphatic rings. The van der Waals surface area contributed by atoms with Gasteiger partial charge in [0.15, 0.2) is 0 Å². The topological polar surface area (TPSA) is 16.4 Å². The van der Waals surface area contributed by atoms with Crippen molar-refractivity contribution in [3.8, 4) is 11.3 Å². The largest absolute Gasteiger partial charge is 0.456 e. The summed E-state index contributed by atoms with van der Waals surface area (Å²) < 4.78 is 6.05. The Hall–Kier alpha value is -3.78. The maximum absolute atomic E-state index is 6.05. The van der Waals surface area contributed by atoms with E-state index in [4.69, 9.17) is 4.42 Å². The zero-order chi connectivity index (χ0) is 21.2. The Bertz CT molecular complexity index is 1250. The van der Waals surface area contributed by atoms with Crippen molar-refractivity contribution in [2.75, 3.05) is 4.90 Å². The van der Waals surface area contributed by atoms with Crippen molar-refractivity contribution in [3.05, 3.63) is 115 Å². The number of anilines is 3. The van der Waals surface area contributed by atoms with E-state index in [1.165, 1.54) is 5.56 Å². The Labute approximate surface area is 183 Å². The fourth-order valence-corrected chi connectivity index (χ4v) is 3.93. The first-order valence-corrected chi connectivity index (χ1v) is 10.7. The lowest BCUT2D eigenvalue weighted by Crippen LogP contribution is -2.09. The van der Waals surface area contributed by atoms with Gasteiger partial charge in [-0.05, 0) is 72.1 Å². The van der Waals surface area contributed by atoms with E-state index in [0.29, 0.717) is 5.92 Å². The highest BCUT2D eigenvalue weighted by atomic mass is 16.3. The molecule has 31 heavy (non-hydrogen) atoms. The average Bonchev–Trinajstić information content (AvgIpc) is 3.25. The third kappa shape index (κ3) is 3.85. The molecule has 4 aromatic carbocycles. The predicted molar refractivity (Wildman–Crippen MR) is 130 cm³/mol. The molecule has 0 atom stereocenters. The van der Waals surface area contributed by atoms with Crippen molar-refractivity contribution >= 4 is 28.0 Å². The average molecular weight is 404 g/mol. The number of hydrogen-bond donors (Lipinski definition) is 0. The first-order chi connectivity index (χ1) is 15.2. The zero-order valence-corrected chi connectivity index (χ0v) is 17.8. The Morgan fingerprint density at radius 3 is 1.84 bits per heavy atom. The lowest BCUT2D eigenvalue weighted by Gasteiger charge is -2.26. The summed E-state index contributed by atoms with van der Waals surface area (Å²) in [5.41, 5.74) is 6.73. The van der Waals surface area contributed by atoms with Crippen LogP contribution in [0.3, 0.4) is 0 Å². The number of furan rings is 1. The van der Waals surface area contributed by atoms with Crippen LogP contribution in [-0.4, -0.2) is 0 Å². The van der Waals surface area contributed by atoms with E-state index in [-0.39, 0.29) is 0 Å². The highest BCUT2D eigenvalue weighted by Crippen LogP contribution is 2.36. The van der Waals surface area contributed by atoms with Crippen LogP contribution in [0.4, 0.5) is 17.1 Å². The molecule has 1 aromatic heterocycles. The quantitative estimate of drug-likeness (QED) is 0.292. The second-order valence-electron chi connectivity index (χ2n) is 8.11. The van der Waals surface area contributed by atoms with Gasteiger partial charge in [0, 0.05) is 28.0 Å². The summed E-state index contributed by atoms with van der Waals surface area (Å²) in [5, 5.41) is 1.12. The van der Waals surface area contributed by atoms with Gasteiger partial charge in [-0.2, -0.15) is 0 Å². The van der Waals surface area contributed by atoms with Gasteiger partial charge in [-0.3, -0.25) is 0 Å². The smallest absolute Gasteiger partial charge is 0.135 e. The molecule has 0 fully saturated rings. The minimum absolute atomic E-state index is 0.516. The third-order valence-corrected chi connectivity index (χ3v) is 5.67. The van der Waals surface area contributed by atoms with Crippen LogP contribution in [0.5, 0.6) is 0 Å². The molecule has 5 rings (SSSR count). The number of nitrogens with zero attached hydrogens (tertiary/aromatic N) is 1. The van der Waals surface area contributed by atoms with Gasteiger partial charge in [-0.15, -0.1) is 0 Å². The lowest BCUT2D eigenvalue weighted by molar-refractivity contribution is 0.631. The predicted octanol–water partition coefficient (Wildman–Crippen LogP) is 8.69. The van der Waals surface area contributed by atoms with Crippen LogP contribution in [0.15, 0.2) is 114 Å². The first-order valence-electron chi connectivity index (χ1n) is 10.7. The van der Waals surface area contributed by atoms with Crippen molar-refractivity contribution in [1.29, 1.82) is 0 Å². The number of para-hydroxylation sites is 2. The van der Waals surface area contributed by atoms with E-state index in [0.717, 1.165) is 39.4 Å². The monoisotopic (exact) mass is 403 g/mol. The molecule has 0 radical (unpaired) electrons. The van der Waals surface area contributed by atoms with E-state index in [9.17, 15) is 0 Å². The van der Waals surface area contributed by atoms with Crippen LogP contribution >= 0.6 is 0 Å². The van der Waals surface area contributed by atoms with Gasteiger partial charge in [-0.25, -0.2) is 0 Å². The maximum atomic E-state index is 6.05. The highest BCUT2D eigenvalue weighted by molar-refractivity contribution is 5.83. The Kier molecular flexibility index (Phi) is 5.05. The molecule has 0 bridgehead atoms. The van der Waals surface area contributed by atoms with Crippen molar-refractivity contribution in [1.82, 2.24) is 0 Å². The molecule has 0 N–H and O–H groups in total. The molecule has 2 nitrogen and oxygen atoms in total. The normalized spacial score (nSPS) is 11.2. The SMILES string of the molecule is CC(C)c1ccc(N(c2ccccc2)c2ccc(-c3cc4ccccc4o3)cc2)cc1. The molecule has 0 saturated heterocycles. The molecule has 2 heteroatoms. The first kappa shape index (κ1) is 19.2. The summed E-state index contributed by atoms with van der Waals surface area (Å²) in [4.78, 5) is 2.28. The summed E-state index contributed by atoms with van der Waals surface area (Å²) in [6, 6.07) is 38.1. The molecular weight excluding hydrogens is 378 g/mol. The fraction of sp³-hybridized carbons (Fsp3) is 0.103. The second-order valence-corrected chi connectivity index (χ2v) is 8.11. The van der Waals surface area contributed by atoms with E-state index in [1.54, 1.807) is 0 Å². The number of rotatable bonds is 5. The molecule has 5 aromatic rings. The third-order valence-electron chi connectivity index (χ3n) is 5.67. The van der Waals surface area contributed by atoms with Crippen molar-refractivity contribution in [2.45, 2.75) is 19.8 Å². The minimum Gasteiger partial charge on any atom is -0.456 e. The second kappa shape index (κ2) is 8.16. The Balaban J connectivity index is 1.53. The summed E-state index contributed by atoms with van der Waals surface area (Å²) >= 11 is 0. The molecule has 0 saturated carbocycles. The Morgan fingerprint density at radius 1 is 0.613 bits per heavy atom. The van der Waals surface area contributed by atoms with Crippen LogP contribution in [0, 0.1) is 0 Å². The lowest BCUT2D eigenvalue weighted by atomic mass is 10.0. The van der Waals surface area contributed by atoms with E-state index in [2.05, 4.69) is 104 Å². The fourth-order valence-electron chi connectivity index (χ4n) is 3.93. The summed E-state index contributed by atoms with van der Waals surface area (Å²) in [5.74, 6) is 1.41. The molecule has 152 valence electrons. The standard InChI is InChI=1S/C29H25NO/c1-21(2)22-12-16-26(17-13-22)30(25-9-4-3-5-10-25)27-18-14-23(15-19-27)29-20-24-8-6-7-11-28(24)31-29/h3-21H,1-2H3. The molecular formula is C29H25NO. The molecule has 0 aliphatic carbocycles. The summed E-state index contributed by atoms with van der Waals surface area (Å²) in [6.07, 6.45) is 0. The van der Waals surface area contributed by atoms with Gasteiger partial charge < -0.3 is 9.32 Å². The minimum atomic E-state index is 0.516. The van der Waals surface area contributed by atoms with Crippen LogP contribution in [0.1, 0.15) is 25.3 Å². The van der Waals surface area contributed by atoms with Gasteiger partial charge in [-0.1, -0.05) is 62.4 Å². The van der Waals surface area contributed by atoms with Gasteiger partial charge in [0.25, 0.3) is 0 Å². The van der Waals surface area contributed by atoms with Gasteiger partial charge >= 0.3 is 0 Å². The van der Waals surface area contributed by atoms with Gasteiger partial charge in [0.05, 0.1) is 0 Å². The Morgan fingerprint density at radius 2 is 1.19 bits per heavy atom. The van der Waals surface area contributed by atoms with Crippen LogP contribution in [-0.2, 0) is 0 Å². The summed E-state index contributed by atoms with van der Waals surface area (Å²) in [6.45, 7) is 4.45. The summed E-state index contributed by atoms with van der Waals surface area (Å²) in [7, 11) is 0. The van der Waals surface area contributed by atoms with Crippen molar-refractivity contribution in [2.24, 2.45) is 0 Å². The maximum Gasteiger partial charge on any atom is 0.135 e. The molecule has 1 heterocycles. The van der Waals surface area contributed by atoms with Gasteiger partial charge in [0.1, 0.15) is 11.3 Å². The highest BCUT2D eigenvalue weighted by Gasteiger charge is 2.13. The van der Waals surface area contributed by atoms with Crippen molar-refractivity contribution < 1.29 is 4.42 Å². The van der Waals surface area contributed by atoms with Crippen LogP contribution in [0.2, 0.25) is 0 Å². The van der Waals surface area contributed by atoms with Gasteiger partial charge in [0.2, 0.25) is 0 Å². The zero-order valence-electron chi connectivity index (χ0n) is 17.8. The molecule has 0 amide bonds. The molecule has 0 aliphatic heterocycles. The van der Waals surface area contributed by atoms with Crippen LogP contribution < -0.4 is 4.90 Å². The molecule has 0 spiro atoms. The van der Waals surface area contributed by atoms with E-state index in [1.807, 2.05) is 24.3 Å². The molecule has 0 unspecified atom stereocenters. The number of fused-ring (bicyclic) bond motifs is 1. The number of hydrogen-bond acceptors (Lipinski definition) is 2. The van der Waals surface area contributed by atoms with Crippen LogP contribution in [0.25, 0.3) is 22.3 Å². The number of benzene rings is 4. The van der Waals surface area contributed by atoms with Crippen molar-refractivity contribution in [3.63, 3.8) is 0 Å². The van der Waals surface area contributed by atoms with E-state index < -0.39 is 0 Å². The van der Waals surface area contributed by atoms with E-state index >= 15 is 0 Å².